The van der Waals surface area contributed by atoms with Crippen LogP contribution < -0.4 is 0 Å². The second kappa shape index (κ2) is 13.5. The number of hydrogen-bond donors (Lipinski definition) is 2. The molecule has 1 aliphatic carbocycles. The van der Waals surface area contributed by atoms with Gasteiger partial charge in [-0.1, -0.05) is 69.9 Å². The van der Waals surface area contributed by atoms with Gasteiger partial charge in [-0.2, -0.15) is 11.8 Å². The van der Waals surface area contributed by atoms with Crippen LogP contribution in [0.15, 0.2) is 30.3 Å². The molecule has 5 heteroatoms. The van der Waals surface area contributed by atoms with Gasteiger partial charge in [-0.25, -0.2) is 0 Å². The second-order valence-electron chi connectivity index (χ2n) is 10.7. The first kappa shape index (κ1) is 27.9. The number of hydrogen-bond acceptors (Lipinski definition) is 4. The maximum Gasteiger partial charge on any atom is 0.303 e. The number of carbonyl (C=O) groups is 2. The van der Waals surface area contributed by atoms with Crippen LogP contribution in [0.25, 0.3) is 0 Å². The lowest BCUT2D eigenvalue weighted by Crippen LogP contribution is -2.44. The lowest BCUT2D eigenvalue weighted by molar-refractivity contribution is -0.137. The van der Waals surface area contributed by atoms with E-state index in [4.69, 9.17) is 5.11 Å². The van der Waals surface area contributed by atoms with Crippen LogP contribution >= 0.6 is 11.8 Å². The Kier molecular flexibility index (Phi) is 11.4. The van der Waals surface area contributed by atoms with E-state index in [-0.39, 0.29) is 17.8 Å². The first-order valence-corrected chi connectivity index (χ1v) is 13.8. The summed E-state index contributed by atoms with van der Waals surface area (Å²) in [5.74, 6) is 0.395. The Morgan fingerprint density at radius 2 is 1.73 bits per heavy atom. The number of carboxylic acids is 1. The van der Waals surface area contributed by atoms with E-state index >= 15 is 0 Å². The molecule has 1 aromatic carbocycles. The number of carboxylic acid groups (broad SMARTS) is 1. The summed E-state index contributed by atoms with van der Waals surface area (Å²) in [5, 5.41) is 20.4. The summed E-state index contributed by atoms with van der Waals surface area (Å²) in [7, 11) is 0. The summed E-state index contributed by atoms with van der Waals surface area (Å²) in [6, 6.07) is 10.6. The van der Waals surface area contributed by atoms with Crippen molar-refractivity contribution in [1.29, 1.82) is 0 Å². The maximum absolute atomic E-state index is 12.5. The summed E-state index contributed by atoms with van der Waals surface area (Å²) in [5.41, 5.74) is 0.410. The van der Waals surface area contributed by atoms with E-state index < -0.39 is 11.6 Å². The molecule has 3 unspecified atom stereocenters. The summed E-state index contributed by atoms with van der Waals surface area (Å²) in [6.45, 7) is 6.31. The Morgan fingerprint density at radius 1 is 1.03 bits per heavy atom. The molecule has 1 fully saturated rings. The minimum atomic E-state index is -0.780. The standard InChI is InChI=1S/C28H44O4S/c1-27(2,20-12-11-15-22-13-7-6-8-14-22)28(3,32)21-33-25-19-18-24(29)23(25)16-9-4-5-10-17-26(30)31/h6-8,13-14,23,25,32H,4-5,9-12,15-21H2,1-3H3,(H,30,31). The Balaban J connectivity index is 1.73. The molecule has 0 radical (unpaired) electrons. The van der Waals surface area contributed by atoms with Crippen molar-refractivity contribution in [2.75, 3.05) is 5.75 Å². The van der Waals surface area contributed by atoms with Crippen molar-refractivity contribution in [3.63, 3.8) is 0 Å². The maximum atomic E-state index is 12.5. The number of thioether (sulfide) groups is 1. The molecule has 0 saturated heterocycles. The molecule has 2 rings (SSSR count). The zero-order valence-electron chi connectivity index (χ0n) is 20.9. The fourth-order valence-corrected chi connectivity index (χ4v) is 6.43. The van der Waals surface area contributed by atoms with Gasteiger partial charge < -0.3 is 10.2 Å². The third-order valence-corrected chi connectivity index (χ3v) is 9.31. The summed E-state index contributed by atoms with van der Waals surface area (Å²) in [4.78, 5) is 23.1. The molecule has 3 atom stereocenters. The van der Waals surface area contributed by atoms with E-state index in [0.29, 0.717) is 23.2 Å². The molecule has 1 aliphatic rings. The highest BCUT2D eigenvalue weighted by Crippen LogP contribution is 2.42. The number of unbranched alkanes of at least 4 members (excludes halogenated alkanes) is 4. The Labute approximate surface area is 204 Å². The number of aryl methyl sites for hydroxylation is 1. The molecule has 0 heterocycles. The second-order valence-corrected chi connectivity index (χ2v) is 11.9. The topological polar surface area (TPSA) is 74.6 Å². The predicted octanol–water partition coefficient (Wildman–Crippen LogP) is 6.68. The Hall–Kier alpha value is -1.33. The van der Waals surface area contributed by atoms with E-state index in [2.05, 4.69) is 38.1 Å². The van der Waals surface area contributed by atoms with Crippen LogP contribution in [-0.4, -0.2) is 38.6 Å². The average Bonchev–Trinajstić information content (AvgIpc) is 3.12. The monoisotopic (exact) mass is 476 g/mol. The summed E-state index contributed by atoms with van der Waals surface area (Å²) < 4.78 is 0. The van der Waals surface area contributed by atoms with Gasteiger partial charge >= 0.3 is 5.97 Å². The van der Waals surface area contributed by atoms with Gasteiger partial charge in [0, 0.05) is 29.8 Å². The van der Waals surface area contributed by atoms with E-state index in [1.807, 2.05) is 13.0 Å². The van der Waals surface area contributed by atoms with Crippen LogP contribution in [0.3, 0.4) is 0 Å². The molecule has 186 valence electrons. The summed E-state index contributed by atoms with van der Waals surface area (Å²) >= 11 is 1.79. The van der Waals surface area contributed by atoms with Crippen molar-refractivity contribution in [1.82, 2.24) is 0 Å². The predicted molar refractivity (Wildman–Crippen MR) is 138 cm³/mol. The number of rotatable bonds is 16. The SMILES string of the molecule is CC(C)(CCCCc1ccccc1)C(C)(O)CSC1CCC(=O)C1CCCCCCC(=O)O. The summed E-state index contributed by atoms with van der Waals surface area (Å²) in [6.07, 6.45) is 10.6. The van der Waals surface area contributed by atoms with Gasteiger partial charge in [0.05, 0.1) is 5.60 Å². The lowest BCUT2D eigenvalue weighted by atomic mass is 9.73. The molecule has 4 nitrogen and oxygen atoms in total. The van der Waals surface area contributed by atoms with Crippen LogP contribution in [-0.2, 0) is 16.0 Å². The van der Waals surface area contributed by atoms with Crippen molar-refractivity contribution in [3.8, 4) is 0 Å². The van der Waals surface area contributed by atoms with Gasteiger partial charge in [-0.05, 0) is 56.4 Å². The van der Waals surface area contributed by atoms with Crippen LogP contribution in [0.5, 0.6) is 0 Å². The largest absolute Gasteiger partial charge is 0.481 e. The number of aliphatic carboxylic acids is 1. The molecule has 0 amide bonds. The molecule has 1 saturated carbocycles. The highest BCUT2D eigenvalue weighted by atomic mass is 32.2. The first-order valence-electron chi connectivity index (χ1n) is 12.7. The van der Waals surface area contributed by atoms with Crippen LogP contribution in [0.1, 0.15) is 97.0 Å². The molecular weight excluding hydrogens is 432 g/mol. The van der Waals surface area contributed by atoms with Crippen molar-refractivity contribution < 1.29 is 19.8 Å². The smallest absolute Gasteiger partial charge is 0.303 e. The van der Waals surface area contributed by atoms with E-state index in [9.17, 15) is 14.7 Å². The zero-order valence-corrected chi connectivity index (χ0v) is 21.7. The third-order valence-electron chi connectivity index (χ3n) is 7.59. The highest BCUT2D eigenvalue weighted by molar-refractivity contribution is 8.00. The van der Waals surface area contributed by atoms with Gasteiger partial charge in [-0.3, -0.25) is 9.59 Å². The average molecular weight is 477 g/mol. The molecule has 0 aromatic heterocycles. The van der Waals surface area contributed by atoms with Crippen LogP contribution in [0, 0.1) is 11.3 Å². The number of ketones is 1. The van der Waals surface area contributed by atoms with Gasteiger partial charge in [0.25, 0.3) is 0 Å². The quantitative estimate of drug-likeness (QED) is 0.260. The fourth-order valence-electron chi connectivity index (χ4n) is 4.69. The Morgan fingerprint density at radius 3 is 2.42 bits per heavy atom. The van der Waals surface area contributed by atoms with Crippen molar-refractivity contribution in [2.24, 2.45) is 11.3 Å². The van der Waals surface area contributed by atoms with Gasteiger partial charge in [0.15, 0.2) is 0 Å². The number of carbonyl (C=O) groups excluding carboxylic acids is 1. The molecule has 0 aliphatic heterocycles. The Bertz CT molecular complexity index is 729. The van der Waals surface area contributed by atoms with Gasteiger partial charge in [0.1, 0.15) is 5.78 Å². The molecule has 1 aromatic rings. The molecule has 33 heavy (non-hydrogen) atoms. The molecule has 2 N–H and O–H groups in total. The minimum absolute atomic E-state index is 0.0965. The molecular formula is C28H44O4S. The number of benzene rings is 1. The van der Waals surface area contributed by atoms with Crippen molar-refractivity contribution in [3.05, 3.63) is 35.9 Å². The highest BCUT2D eigenvalue weighted by Gasteiger charge is 2.41. The first-order chi connectivity index (χ1) is 15.6. The number of aliphatic hydroxyl groups is 1. The zero-order chi connectivity index (χ0) is 24.3. The van der Waals surface area contributed by atoms with Crippen LogP contribution in [0.4, 0.5) is 0 Å². The van der Waals surface area contributed by atoms with Gasteiger partial charge in [-0.15, -0.1) is 0 Å². The van der Waals surface area contributed by atoms with E-state index in [1.54, 1.807) is 11.8 Å². The van der Waals surface area contributed by atoms with E-state index in [1.165, 1.54) is 5.56 Å². The lowest BCUT2D eigenvalue weighted by Gasteiger charge is -2.41. The molecule has 0 spiro atoms. The number of Topliss-reactive ketones (excluding diaryl/α,β-unsaturated/α-hetero) is 1. The van der Waals surface area contributed by atoms with E-state index in [0.717, 1.165) is 64.2 Å². The van der Waals surface area contributed by atoms with Crippen molar-refractivity contribution in [2.45, 2.75) is 109 Å². The van der Waals surface area contributed by atoms with Crippen LogP contribution in [0.2, 0.25) is 0 Å². The third kappa shape index (κ3) is 9.44. The molecule has 0 bridgehead atoms. The fraction of sp³-hybridized carbons (Fsp3) is 0.714. The normalized spacial score (nSPS) is 20.7. The van der Waals surface area contributed by atoms with Gasteiger partial charge in [0.2, 0.25) is 0 Å². The van der Waals surface area contributed by atoms with Crippen molar-refractivity contribution >= 4 is 23.5 Å². The minimum Gasteiger partial charge on any atom is -0.481 e.